The highest BCUT2D eigenvalue weighted by Crippen LogP contribution is 2.45. The van der Waals surface area contributed by atoms with E-state index in [1.807, 2.05) is 0 Å². The zero-order chi connectivity index (χ0) is 13.3. The predicted octanol–water partition coefficient (Wildman–Crippen LogP) is 3.22. The molecule has 0 N–H and O–H groups in total. The molecule has 0 aromatic carbocycles. The Bertz CT molecular complexity index is 373. The molecule has 1 aliphatic rings. The van der Waals surface area contributed by atoms with Gasteiger partial charge in [-0.05, 0) is 29.5 Å². The van der Waals surface area contributed by atoms with E-state index in [1.54, 1.807) is 13.0 Å². The molecular formula is C11H12ClF3O2. The van der Waals surface area contributed by atoms with Crippen LogP contribution in [0.15, 0.2) is 23.8 Å². The Balaban J connectivity index is 3.38. The van der Waals surface area contributed by atoms with Gasteiger partial charge in [-0.2, -0.15) is 13.2 Å². The lowest BCUT2D eigenvalue weighted by molar-refractivity contribution is -0.243. The molecule has 0 heterocycles. The molecule has 0 aliphatic heterocycles. The number of allylic oxidation sites excluding steroid dienone is 3. The first kappa shape index (κ1) is 14.3. The van der Waals surface area contributed by atoms with Gasteiger partial charge in [0.1, 0.15) is 0 Å². The third kappa shape index (κ3) is 2.26. The standard InChI is InChI=1S/C11H12ClF3O2/c1-7-5-3-4-6-8(7)10(17-2,9(12)16)11(13,14)15/h3-4,6-7H,5H2,1-2H3/t7?,10-/m1/s1. The number of hydrogen-bond acceptors (Lipinski definition) is 2. The van der Waals surface area contributed by atoms with Gasteiger partial charge >= 0.3 is 6.18 Å². The largest absolute Gasteiger partial charge is 0.430 e. The molecule has 0 bridgehead atoms. The van der Waals surface area contributed by atoms with Crippen LogP contribution >= 0.6 is 11.6 Å². The van der Waals surface area contributed by atoms with Crippen molar-refractivity contribution >= 4 is 16.8 Å². The Labute approximate surface area is 102 Å². The van der Waals surface area contributed by atoms with Gasteiger partial charge in [-0.1, -0.05) is 25.2 Å². The fourth-order valence-corrected chi connectivity index (χ4v) is 2.21. The molecule has 0 fully saturated rings. The number of carbonyl (C=O) groups is 1. The average Bonchev–Trinajstić information content (AvgIpc) is 2.19. The van der Waals surface area contributed by atoms with E-state index in [-0.39, 0.29) is 5.57 Å². The molecule has 0 saturated carbocycles. The van der Waals surface area contributed by atoms with Gasteiger partial charge in [0, 0.05) is 7.11 Å². The smallest absolute Gasteiger partial charge is 0.357 e. The van der Waals surface area contributed by atoms with Crippen LogP contribution in [0.2, 0.25) is 0 Å². The molecule has 1 rings (SSSR count). The molecule has 0 radical (unpaired) electrons. The topological polar surface area (TPSA) is 26.3 Å². The SMILES string of the molecule is CO[C@@](C(=O)Cl)(C1=CC=CCC1C)C(F)(F)F. The molecule has 2 nitrogen and oxygen atoms in total. The number of carbonyl (C=O) groups excluding carboxylic acids is 1. The van der Waals surface area contributed by atoms with Gasteiger partial charge in [0.25, 0.3) is 10.8 Å². The molecule has 1 unspecified atom stereocenters. The summed E-state index contributed by atoms with van der Waals surface area (Å²) in [5, 5.41) is -1.57. The van der Waals surface area contributed by atoms with Crippen LogP contribution in [-0.2, 0) is 9.53 Å². The Morgan fingerprint density at radius 3 is 2.47 bits per heavy atom. The summed E-state index contributed by atoms with van der Waals surface area (Å²) >= 11 is 5.14. The highest BCUT2D eigenvalue weighted by molar-refractivity contribution is 6.66. The van der Waals surface area contributed by atoms with E-state index in [2.05, 4.69) is 4.74 Å². The second kappa shape index (κ2) is 4.82. The highest BCUT2D eigenvalue weighted by atomic mass is 35.5. The maximum absolute atomic E-state index is 13.1. The van der Waals surface area contributed by atoms with Crippen molar-refractivity contribution in [2.45, 2.75) is 25.1 Å². The summed E-state index contributed by atoms with van der Waals surface area (Å²) in [6.07, 6.45) is -0.0349. The average molecular weight is 269 g/mol. The third-order valence-electron chi connectivity index (χ3n) is 2.82. The number of methoxy groups -OCH3 is 1. The molecule has 0 spiro atoms. The number of halogens is 4. The molecule has 0 aromatic heterocycles. The minimum atomic E-state index is -4.88. The van der Waals surface area contributed by atoms with E-state index in [0.717, 1.165) is 7.11 Å². The van der Waals surface area contributed by atoms with Crippen molar-refractivity contribution in [3.8, 4) is 0 Å². The van der Waals surface area contributed by atoms with E-state index in [4.69, 9.17) is 11.6 Å². The van der Waals surface area contributed by atoms with Crippen molar-refractivity contribution in [2.75, 3.05) is 7.11 Å². The molecule has 2 atom stereocenters. The first-order chi connectivity index (χ1) is 7.77. The van der Waals surface area contributed by atoms with Crippen molar-refractivity contribution in [1.29, 1.82) is 0 Å². The number of rotatable bonds is 3. The Kier molecular flexibility index (Phi) is 4.04. The fourth-order valence-electron chi connectivity index (χ4n) is 1.91. The quantitative estimate of drug-likeness (QED) is 0.735. The summed E-state index contributed by atoms with van der Waals surface area (Å²) in [6, 6.07) is 0. The van der Waals surface area contributed by atoms with Crippen molar-refractivity contribution in [3.05, 3.63) is 23.8 Å². The first-order valence-electron chi connectivity index (χ1n) is 4.96. The number of hydrogen-bond donors (Lipinski definition) is 0. The summed E-state index contributed by atoms with van der Waals surface area (Å²) in [6.45, 7) is 1.59. The second-order valence-corrected chi connectivity index (χ2v) is 4.19. The Morgan fingerprint density at radius 2 is 2.12 bits per heavy atom. The van der Waals surface area contributed by atoms with Gasteiger partial charge < -0.3 is 4.74 Å². The fraction of sp³-hybridized carbons (Fsp3) is 0.545. The summed E-state index contributed by atoms with van der Waals surface area (Å²) in [7, 11) is 0.833. The van der Waals surface area contributed by atoms with Crippen molar-refractivity contribution in [2.24, 2.45) is 5.92 Å². The summed E-state index contributed by atoms with van der Waals surface area (Å²) in [5.41, 5.74) is -3.20. The van der Waals surface area contributed by atoms with Gasteiger partial charge in [0.05, 0.1) is 0 Å². The molecule has 0 amide bonds. The third-order valence-corrected chi connectivity index (χ3v) is 3.09. The maximum atomic E-state index is 13.1. The zero-order valence-electron chi connectivity index (χ0n) is 9.34. The van der Waals surface area contributed by atoms with E-state index < -0.39 is 22.9 Å². The van der Waals surface area contributed by atoms with Crippen LogP contribution in [0, 0.1) is 5.92 Å². The lowest BCUT2D eigenvalue weighted by atomic mass is 9.81. The van der Waals surface area contributed by atoms with Crippen LogP contribution in [0.25, 0.3) is 0 Å². The monoisotopic (exact) mass is 268 g/mol. The van der Waals surface area contributed by atoms with Gasteiger partial charge in [-0.25, -0.2) is 0 Å². The van der Waals surface area contributed by atoms with Gasteiger partial charge in [-0.3, -0.25) is 4.79 Å². The lowest BCUT2D eigenvalue weighted by Crippen LogP contribution is -2.54. The summed E-state index contributed by atoms with van der Waals surface area (Å²) in [4.78, 5) is 11.2. The minimum Gasteiger partial charge on any atom is -0.357 e. The summed E-state index contributed by atoms with van der Waals surface area (Å²) in [5.74, 6) is -0.454. The molecule has 96 valence electrons. The Hall–Kier alpha value is -0.810. The molecular weight excluding hydrogens is 257 g/mol. The van der Waals surface area contributed by atoms with Crippen LogP contribution in [0.5, 0.6) is 0 Å². The van der Waals surface area contributed by atoms with E-state index in [1.165, 1.54) is 12.2 Å². The van der Waals surface area contributed by atoms with Crippen LogP contribution in [0.1, 0.15) is 13.3 Å². The molecule has 0 aromatic rings. The molecule has 17 heavy (non-hydrogen) atoms. The van der Waals surface area contributed by atoms with Crippen molar-refractivity contribution in [1.82, 2.24) is 0 Å². The Morgan fingerprint density at radius 1 is 1.53 bits per heavy atom. The normalized spacial score (nSPS) is 24.1. The van der Waals surface area contributed by atoms with Crippen LogP contribution in [-0.4, -0.2) is 24.1 Å². The van der Waals surface area contributed by atoms with Crippen LogP contribution in [0.3, 0.4) is 0 Å². The van der Waals surface area contributed by atoms with Crippen molar-refractivity contribution < 1.29 is 22.7 Å². The van der Waals surface area contributed by atoms with Crippen molar-refractivity contribution in [3.63, 3.8) is 0 Å². The van der Waals surface area contributed by atoms with E-state index in [0.29, 0.717) is 6.42 Å². The first-order valence-corrected chi connectivity index (χ1v) is 5.34. The lowest BCUT2D eigenvalue weighted by Gasteiger charge is -2.36. The molecule has 1 aliphatic carbocycles. The van der Waals surface area contributed by atoms with Gasteiger partial charge in [0.2, 0.25) is 0 Å². The van der Waals surface area contributed by atoms with Gasteiger partial charge in [0.15, 0.2) is 0 Å². The molecule has 6 heteroatoms. The number of ether oxygens (including phenoxy) is 1. The van der Waals surface area contributed by atoms with Gasteiger partial charge in [-0.15, -0.1) is 0 Å². The van der Waals surface area contributed by atoms with E-state index in [9.17, 15) is 18.0 Å². The predicted molar refractivity (Wildman–Crippen MR) is 57.7 cm³/mol. The summed E-state index contributed by atoms with van der Waals surface area (Å²) < 4.78 is 43.7. The van der Waals surface area contributed by atoms with Crippen LogP contribution < -0.4 is 0 Å². The minimum absolute atomic E-state index is 0.157. The second-order valence-electron chi connectivity index (χ2n) is 3.84. The van der Waals surface area contributed by atoms with E-state index >= 15 is 0 Å². The van der Waals surface area contributed by atoms with Crippen LogP contribution in [0.4, 0.5) is 13.2 Å². The maximum Gasteiger partial charge on any atom is 0.430 e. The number of alkyl halides is 3. The highest BCUT2D eigenvalue weighted by Gasteiger charge is 2.63. The zero-order valence-corrected chi connectivity index (χ0v) is 10.1. The molecule has 0 saturated heterocycles.